The molecule has 244 valence electrons. The van der Waals surface area contributed by atoms with Crippen LogP contribution >= 0.6 is 0 Å². The first-order valence-corrected chi connectivity index (χ1v) is 15.5. The molecule has 0 N–H and O–H groups in total. The van der Waals surface area contributed by atoms with Crippen LogP contribution in [0.1, 0.15) is 32.8 Å². The van der Waals surface area contributed by atoms with Crippen LogP contribution in [0.4, 0.5) is 17.1 Å². The highest BCUT2D eigenvalue weighted by atomic mass is 32.2. The summed E-state index contributed by atoms with van der Waals surface area (Å²) in [6, 6.07) is 10.1. The van der Waals surface area contributed by atoms with Gasteiger partial charge in [0.25, 0.3) is 27.1 Å². The van der Waals surface area contributed by atoms with E-state index in [1.165, 1.54) is 12.1 Å². The normalized spacial score (nSPS) is 15.0. The molecule has 47 heavy (non-hydrogen) atoms. The Bertz CT molecular complexity index is 1850. The molecule has 0 saturated carbocycles. The van der Waals surface area contributed by atoms with E-state index in [2.05, 4.69) is 9.69 Å². The van der Waals surface area contributed by atoms with E-state index in [0.29, 0.717) is 23.8 Å². The topological polar surface area (TPSA) is 184 Å². The number of nitro benzene ring substituents is 2. The Morgan fingerprint density at radius 2 is 1.70 bits per heavy atom. The number of nitriles is 1. The predicted octanol–water partition coefficient (Wildman–Crippen LogP) is 5.79. The van der Waals surface area contributed by atoms with Crippen molar-refractivity contribution in [1.29, 1.82) is 5.26 Å². The second kappa shape index (κ2) is 15.6. The van der Waals surface area contributed by atoms with E-state index < -0.39 is 41.7 Å². The molecule has 0 saturated heterocycles. The molecule has 0 fully saturated rings. The highest BCUT2D eigenvalue weighted by Gasteiger charge is 2.38. The van der Waals surface area contributed by atoms with Crippen LogP contribution in [0, 0.1) is 44.7 Å². The zero-order valence-electron chi connectivity index (χ0n) is 25.7. The first-order valence-electron chi connectivity index (χ1n) is 14.0. The Balaban J connectivity index is 2.00. The van der Waals surface area contributed by atoms with Crippen LogP contribution in [0.3, 0.4) is 0 Å². The Morgan fingerprint density at radius 1 is 1.04 bits per heavy atom. The Morgan fingerprint density at radius 3 is 2.26 bits per heavy atom. The number of nitro groups is 2. The van der Waals surface area contributed by atoms with Crippen LogP contribution in [0.2, 0.25) is 0 Å². The molecule has 0 bridgehead atoms. The van der Waals surface area contributed by atoms with Gasteiger partial charge in [0.05, 0.1) is 67.2 Å². The number of non-ortho nitro benzene ring substituents is 1. The number of benzene rings is 2. The summed E-state index contributed by atoms with van der Waals surface area (Å²) in [5.74, 6) is -0.0992. The van der Waals surface area contributed by atoms with Gasteiger partial charge in [-0.25, -0.2) is 23.4 Å². The molecule has 0 spiro atoms. The fourth-order valence-corrected chi connectivity index (χ4v) is 6.06. The maximum atomic E-state index is 13.9. The van der Waals surface area contributed by atoms with Gasteiger partial charge in [0.1, 0.15) is 11.4 Å². The zero-order chi connectivity index (χ0) is 34.8. The van der Waals surface area contributed by atoms with Crippen LogP contribution in [0.15, 0.2) is 76.2 Å². The summed E-state index contributed by atoms with van der Waals surface area (Å²) in [4.78, 5) is 27.0. The number of hydrogen-bond donors (Lipinski definition) is 0. The van der Waals surface area contributed by atoms with Gasteiger partial charge in [-0.2, -0.15) is 0 Å². The van der Waals surface area contributed by atoms with E-state index in [4.69, 9.17) is 27.4 Å². The second-order valence-electron chi connectivity index (χ2n) is 10.3. The zero-order valence-corrected chi connectivity index (χ0v) is 26.5. The molecule has 0 unspecified atom stereocenters. The first kappa shape index (κ1) is 35.9. The fraction of sp³-hybridized carbons (Fsp3) is 0.323. The summed E-state index contributed by atoms with van der Waals surface area (Å²) in [6.07, 6.45) is 4.07. The number of sulfonamides is 1. The van der Waals surface area contributed by atoms with Gasteiger partial charge in [-0.3, -0.25) is 24.5 Å². The monoisotopic (exact) mass is 662 g/mol. The molecule has 15 nitrogen and oxygen atoms in total. The Hall–Kier alpha value is -5.60. The molecular weight excluding hydrogens is 632 g/mol. The van der Waals surface area contributed by atoms with E-state index in [1.807, 2.05) is 6.92 Å². The molecule has 0 radical (unpaired) electrons. The molecule has 1 aliphatic heterocycles. The minimum Gasteiger partial charge on any atom is -0.505 e. The Kier molecular flexibility index (Phi) is 11.9. The summed E-state index contributed by atoms with van der Waals surface area (Å²) in [6.45, 7) is 20.8. The largest absolute Gasteiger partial charge is 0.505 e. The van der Waals surface area contributed by atoms with Crippen molar-refractivity contribution in [3.05, 3.63) is 120 Å². The number of allylic oxidation sites excluding steroid dienone is 1. The average molecular weight is 663 g/mol. The molecule has 2 aromatic carbocycles. The van der Waals surface area contributed by atoms with Gasteiger partial charge < -0.3 is 14.2 Å². The third-order valence-electron chi connectivity index (χ3n) is 6.72. The number of ether oxygens (including phenoxy) is 3. The van der Waals surface area contributed by atoms with Gasteiger partial charge in [0, 0.05) is 18.2 Å². The molecule has 0 amide bonds. The molecule has 2 aromatic rings. The summed E-state index contributed by atoms with van der Waals surface area (Å²) in [7, 11) is -4.63. The molecule has 0 aromatic heterocycles. The number of rotatable bonds is 15. The molecular formula is C31H30N6O9S. The molecule has 1 heterocycles. The van der Waals surface area contributed by atoms with Gasteiger partial charge in [-0.05, 0) is 44.0 Å². The summed E-state index contributed by atoms with van der Waals surface area (Å²) in [5, 5.41) is 32.3. The van der Waals surface area contributed by atoms with Gasteiger partial charge in [0.15, 0.2) is 4.90 Å². The highest BCUT2D eigenvalue weighted by Crippen LogP contribution is 2.41. The number of hydrogen-bond acceptors (Lipinski definition) is 10. The molecule has 16 heteroatoms. The van der Waals surface area contributed by atoms with Crippen molar-refractivity contribution in [3.63, 3.8) is 0 Å². The number of anilines is 1. The minimum atomic E-state index is -4.63. The SMILES string of the molecule is [C-]#[N+]C1=C(/C=C/c2ccc(N(CCOCCOCCC)S(=O)(=O)c3ccc([N+](=O)[O-])cc3[N+](=O)[O-])cc2)C(C)(C)O/C1=C(\C#N)[N+]#[C-]. The van der Waals surface area contributed by atoms with Crippen LogP contribution < -0.4 is 4.31 Å². The number of nitrogens with zero attached hydrogens (tertiary/aromatic N) is 6. The van der Waals surface area contributed by atoms with E-state index in [-0.39, 0.29) is 49.2 Å². The van der Waals surface area contributed by atoms with Crippen LogP contribution in [-0.2, 0) is 24.2 Å². The van der Waals surface area contributed by atoms with Crippen LogP contribution in [-0.4, -0.2) is 56.8 Å². The molecule has 0 atom stereocenters. The van der Waals surface area contributed by atoms with Crippen LogP contribution in [0.25, 0.3) is 15.8 Å². The molecule has 0 aliphatic carbocycles. The third kappa shape index (κ3) is 8.36. The molecule has 1 aliphatic rings. The smallest absolute Gasteiger partial charge is 0.296 e. The van der Waals surface area contributed by atoms with E-state index in [9.17, 15) is 33.9 Å². The highest BCUT2D eigenvalue weighted by molar-refractivity contribution is 7.93. The van der Waals surface area contributed by atoms with E-state index >= 15 is 0 Å². The summed E-state index contributed by atoms with van der Waals surface area (Å²) in [5.41, 5.74) is -1.79. The van der Waals surface area contributed by atoms with Gasteiger partial charge in [-0.15, -0.1) is 0 Å². The predicted molar refractivity (Wildman–Crippen MR) is 170 cm³/mol. The lowest BCUT2D eigenvalue weighted by molar-refractivity contribution is -0.396. The van der Waals surface area contributed by atoms with Crippen molar-refractivity contribution < 1.29 is 32.5 Å². The maximum absolute atomic E-state index is 13.9. The lowest BCUT2D eigenvalue weighted by Gasteiger charge is -2.24. The van der Waals surface area contributed by atoms with Gasteiger partial charge >= 0.3 is 0 Å². The fourth-order valence-electron chi connectivity index (χ4n) is 4.48. The van der Waals surface area contributed by atoms with Crippen molar-refractivity contribution in [1.82, 2.24) is 0 Å². The van der Waals surface area contributed by atoms with Crippen molar-refractivity contribution in [2.24, 2.45) is 0 Å². The molecule has 3 rings (SSSR count). The summed E-state index contributed by atoms with van der Waals surface area (Å²) < 4.78 is 45.3. The first-order chi connectivity index (χ1) is 22.3. The lowest BCUT2D eigenvalue weighted by atomic mass is 9.96. The van der Waals surface area contributed by atoms with Crippen molar-refractivity contribution in [2.75, 3.05) is 37.3 Å². The van der Waals surface area contributed by atoms with Gasteiger partial charge in [-0.1, -0.05) is 31.2 Å². The standard InChI is InChI=1S/C31H30N6O9S/c1-6-16-44-18-19-45-17-15-35(47(42,43)28-14-12-24(36(38)39)20-27(28)37(40)41)23-10-7-22(8-11-23)9-13-25-29(34-5)30(26(21-32)33-4)46-31(25,2)3/h7-14,20H,6,15-19H2,1-3H3/b13-9+,30-26+. The lowest BCUT2D eigenvalue weighted by Crippen LogP contribution is -2.34. The van der Waals surface area contributed by atoms with Crippen molar-refractivity contribution in [3.8, 4) is 6.07 Å². The van der Waals surface area contributed by atoms with Crippen molar-refractivity contribution in [2.45, 2.75) is 37.7 Å². The van der Waals surface area contributed by atoms with Crippen molar-refractivity contribution >= 4 is 33.2 Å². The maximum Gasteiger partial charge on any atom is 0.296 e. The average Bonchev–Trinajstić information content (AvgIpc) is 3.30. The van der Waals surface area contributed by atoms with Gasteiger partial charge in [0.2, 0.25) is 5.70 Å². The van der Waals surface area contributed by atoms with E-state index in [0.717, 1.165) is 22.9 Å². The Labute approximate surface area is 271 Å². The third-order valence-corrected chi connectivity index (χ3v) is 8.60. The van der Waals surface area contributed by atoms with E-state index in [1.54, 1.807) is 44.2 Å². The quantitative estimate of drug-likeness (QED) is 0.0743. The van der Waals surface area contributed by atoms with Crippen LogP contribution in [0.5, 0.6) is 0 Å². The minimum absolute atomic E-state index is 0.0254. The summed E-state index contributed by atoms with van der Waals surface area (Å²) >= 11 is 0. The second-order valence-corrected chi connectivity index (χ2v) is 12.1.